The van der Waals surface area contributed by atoms with Crippen molar-refractivity contribution in [2.75, 3.05) is 14.2 Å². The molecule has 4 heteroatoms. The molecule has 84 valence electrons. The van der Waals surface area contributed by atoms with E-state index >= 15 is 0 Å². The maximum atomic E-state index is 5.64. The van der Waals surface area contributed by atoms with Crippen molar-refractivity contribution < 1.29 is 9.47 Å². The number of aromatic nitrogens is 1. The predicted molar refractivity (Wildman–Crippen MR) is 62.7 cm³/mol. The summed E-state index contributed by atoms with van der Waals surface area (Å²) in [4.78, 5) is 4.38. The second kappa shape index (κ2) is 4.37. The summed E-state index contributed by atoms with van der Waals surface area (Å²) < 4.78 is 10.3. The van der Waals surface area contributed by atoms with Gasteiger partial charge in [-0.15, -0.1) is 0 Å². The number of ether oxygens (including phenoxy) is 2. The molecule has 2 rings (SSSR count). The van der Waals surface area contributed by atoms with Gasteiger partial charge >= 0.3 is 0 Å². The van der Waals surface area contributed by atoms with Crippen LogP contribution in [0.5, 0.6) is 11.6 Å². The van der Waals surface area contributed by atoms with Crippen LogP contribution in [0.3, 0.4) is 0 Å². The number of hydrogen-bond donors (Lipinski definition) is 1. The first-order valence-corrected chi connectivity index (χ1v) is 5.00. The Morgan fingerprint density at radius 1 is 1.19 bits per heavy atom. The molecule has 0 fully saturated rings. The van der Waals surface area contributed by atoms with Gasteiger partial charge in [0.15, 0.2) is 0 Å². The Kier molecular flexibility index (Phi) is 2.92. The highest BCUT2D eigenvalue weighted by molar-refractivity contribution is 5.81. The molecule has 0 unspecified atom stereocenters. The first-order valence-electron chi connectivity index (χ1n) is 5.00. The van der Waals surface area contributed by atoms with Crippen LogP contribution in [-0.4, -0.2) is 19.2 Å². The highest BCUT2D eigenvalue weighted by Gasteiger charge is 2.06. The van der Waals surface area contributed by atoms with Crippen molar-refractivity contribution in [2.45, 2.75) is 6.54 Å². The zero-order valence-electron chi connectivity index (χ0n) is 9.36. The number of benzene rings is 1. The fraction of sp³-hybridized carbons (Fsp3) is 0.250. The van der Waals surface area contributed by atoms with Gasteiger partial charge in [-0.3, -0.25) is 0 Å². The molecule has 0 saturated carbocycles. The SMILES string of the molecule is COc1ccc2nc(OC)c(CN)cc2c1. The summed E-state index contributed by atoms with van der Waals surface area (Å²) in [6.07, 6.45) is 0. The Hall–Kier alpha value is -1.81. The van der Waals surface area contributed by atoms with Crippen LogP contribution in [0.1, 0.15) is 5.56 Å². The molecule has 2 aromatic rings. The van der Waals surface area contributed by atoms with Crippen molar-refractivity contribution in [2.24, 2.45) is 5.73 Å². The lowest BCUT2D eigenvalue weighted by molar-refractivity contribution is 0.394. The lowest BCUT2D eigenvalue weighted by atomic mass is 10.1. The van der Waals surface area contributed by atoms with E-state index in [0.717, 1.165) is 22.2 Å². The minimum absolute atomic E-state index is 0.406. The first-order chi connectivity index (χ1) is 7.78. The minimum atomic E-state index is 0.406. The maximum Gasteiger partial charge on any atom is 0.218 e. The predicted octanol–water partition coefficient (Wildman–Crippen LogP) is 1.71. The monoisotopic (exact) mass is 218 g/mol. The van der Waals surface area contributed by atoms with Crippen LogP contribution in [0.25, 0.3) is 10.9 Å². The van der Waals surface area contributed by atoms with Crippen LogP contribution < -0.4 is 15.2 Å². The first kappa shape index (κ1) is 10.7. The second-order valence-corrected chi connectivity index (χ2v) is 3.42. The Balaban J connectivity index is 2.63. The molecule has 0 saturated heterocycles. The van der Waals surface area contributed by atoms with E-state index in [2.05, 4.69) is 4.98 Å². The number of rotatable bonds is 3. The van der Waals surface area contributed by atoms with Gasteiger partial charge in [0.1, 0.15) is 5.75 Å². The Morgan fingerprint density at radius 2 is 2.00 bits per heavy atom. The number of nitrogens with zero attached hydrogens (tertiary/aromatic N) is 1. The average Bonchev–Trinajstić information content (AvgIpc) is 2.36. The smallest absolute Gasteiger partial charge is 0.218 e. The Labute approximate surface area is 94.0 Å². The normalized spacial score (nSPS) is 10.4. The summed E-state index contributed by atoms with van der Waals surface area (Å²) in [7, 11) is 3.23. The molecule has 2 N–H and O–H groups in total. The molecule has 0 atom stereocenters. The molecule has 0 aliphatic carbocycles. The van der Waals surface area contributed by atoms with Crippen LogP contribution in [0.2, 0.25) is 0 Å². The minimum Gasteiger partial charge on any atom is -0.497 e. The molecular formula is C12H14N2O2. The van der Waals surface area contributed by atoms with Crippen LogP contribution in [0.15, 0.2) is 24.3 Å². The van der Waals surface area contributed by atoms with Crippen molar-refractivity contribution in [1.29, 1.82) is 0 Å². The van der Waals surface area contributed by atoms with E-state index in [1.807, 2.05) is 24.3 Å². The molecule has 1 aromatic heterocycles. The number of hydrogen-bond acceptors (Lipinski definition) is 4. The van der Waals surface area contributed by atoms with Gasteiger partial charge in [-0.25, -0.2) is 4.98 Å². The Bertz CT molecular complexity index is 512. The fourth-order valence-electron chi connectivity index (χ4n) is 1.63. The highest BCUT2D eigenvalue weighted by atomic mass is 16.5. The van der Waals surface area contributed by atoms with Gasteiger partial charge < -0.3 is 15.2 Å². The van der Waals surface area contributed by atoms with Gasteiger partial charge in [-0.2, -0.15) is 0 Å². The summed E-state index contributed by atoms with van der Waals surface area (Å²) >= 11 is 0. The molecule has 16 heavy (non-hydrogen) atoms. The van der Waals surface area contributed by atoms with Crippen LogP contribution in [0, 0.1) is 0 Å². The van der Waals surface area contributed by atoms with E-state index in [0.29, 0.717) is 12.4 Å². The largest absolute Gasteiger partial charge is 0.497 e. The summed E-state index contributed by atoms with van der Waals surface area (Å²) in [6, 6.07) is 7.68. The van der Waals surface area contributed by atoms with E-state index in [1.165, 1.54) is 0 Å². The van der Waals surface area contributed by atoms with Crippen LogP contribution in [0.4, 0.5) is 0 Å². The molecule has 0 aliphatic heterocycles. The van der Waals surface area contributed by atoms with Gasteiger partial charge in [-0.1, -0.05) is 0 Å². The average molecular weight is 218 g/mol. The lowest BCUT2D eigenvalue weighted by Crippen LogP contribution is -2.02. The number of methoxy groups -OCH3 is 2. The topological polar surface area (TPSA) is 57.4 Å². The summed E-state index contributed by atoms with van der Waals surface area (Å²) in [5, 5.41) is 1.00. The van der Waals surface area contributed by atoms with Crippen molar-refractivity contribution in [3.05, 3.63) is 29.8 Å². The van der Waals surface area contributed by atoms with Crippen molar-refractivity contribution in [3.8, 4) is 11.6 Å². The summed E-state index contributed by atoms with van der Waals surface area (Å²) in [5.41, 5.74) is 7.40. The summed E-state index contributed by atoms with van der Waals surface area (Å²) in [5.74, 6) is 1.39. The maximum absolute atomic E-state index is 5.64. The molecule has 4 nitrogen and oxygen atoms in total. The number of pyridine rings is 1. The molecule has 0 spiro atoms. The number of nitrogens with two attached hydrogens (primary N) is 1. The third kappa shape index (κ3) is 1.79. The van der Waals surface area contributed by atoms with Gasteiger partial charge in [0.05, 0.1) is 19.7 Å². The van der Waals surface area contributed by atoms with E-state index in [-0.39, 0.29) is 0 Å². The zero-order chi connectivity index (χ0) is 11.5. The van der Waals surface area contributed by atoms with Gasteiger partial charge in [0, 0.05) is 17.5 Å². The fourth-order valence-corrected chi connectivity index (χ4v) is 1.63. The second-order valence-electron chi connectivity index (χ2n) is 3.42. The standard InChI is InChI=1S/C12H14N2O2/c1-15-10-3-4-11-8(6-10)5-9(7-13)12(14-11)16-2/h3-6H,7,13H2,1-2H3. The van der Waals surface area contributed by atoms with Crippen LogP contribution in [-0.2, 0) is 6.54 Å². The molecule has 0 amide bonds. The van der Waals surface area contributed by atoms with E-state index in [4.69, 9.17) is 15.2 Å². The molecule has 0 bridgehead atoms. The number of fused-ring (bicyclic) bond motifs is 1. The van der Waals surface area contributed by atoms with Crippen molar-refractivity contribution >= 4 is 10.9 Å². The molecule has 1 heterocycles. The molecular weight excluding hydrogens is 204 g/mol. The quantitative estimate of drug-likeness (QED) is 0.852. The van der Waals surface area contributed by atoms with E-state index in [1.54, 1.807) is 14.2 Å². The molecule has 1 aromatic carbocycles. The molecule has 0 aliphatic rings. The van der Waals surface area contributed by atoms with Crippen molar-refractivity contribution in [3.63, 3.8) is 0 Å². The van der Waals surface area contributed by atoms with Crippen LogP contribution >= 0.6 is 0 Å². The Morgan fingerprint density at radius 3 is 2.62 bits per heavy atom. The van der Waals surface area contributed by atoms with Gasteiger partial charge in [0.25, 0.3) is 0 Å². The summed E-state index contributed by atoms with van der Waals surface area (Å²) in [6.45, 7) is 0.406. The lowest BCUT2D eigenvalue weighted by Gasteiger charge is -2.08. The van der Waals surface area contributed by atoms with E-state index in [9.17, 15) is 0 Å². The highest BCUT2D eigenvalue weighted by Crippen LogP contribution is 2.24. The third-order valence-corrected chi connectivity index (χ3v) is 2.47. The van der Waals surface area contributed by atoms with Crippen molar-refractivity contribution in [1.82, 2.24) is 4.98 Å². The van der Waals surface area contributed by atoms with Gasteiger partial charge in [-0.05, 0) is 24.3 Å². The van der Waals surface area contributed by atoms with E-state index < -0.39 is 0 Å². The van der Waals surface area contributed by atoms with Gasteiger partial charge in [0.2, 0.25) is 5.88 Å². The zero-order valence-corrected chi connectivity index (χ0v) is 9.36. The third-order valence-electron chi connectivity index (χ3n) is 2.47. The molecule has 0 radical (unpaired) electrons.